The molecule has 28 heavy (non-hydrogen) atoms. The lowest BCUT2D eigenvalue weighted by atomic mass is 10.0. The third-order valence-corrected chi connectivity index (χ3v) is 4.47. The zero-order valence-corrected chi connectivity index (χ0v) is 17.5. The van der Waals surface area contributed by atoms with Gasteiger partial charge in [0.25, 0.3) is 0 Å². The van der Waals surface area contributed by atoms with Gasteiger partial charge in [-0.05, 0) is 45.4 Å². The maximum Gasteiger partial charge on any atom is 0.221 e. The maximum atomic E-state index is 11.2. The Balaban J connectivity index is 1.95. The summed E-state index contributed by atoms with van der Waals surface area (Å²) in [7, 11) is 0. The number of aryl methyl sites for hydroxylation is 1. The molecule has 2 aromatic rings. The minimum atomic E-state index is -0.630. The second-order valence-corrected chi connectivity index (χ2v) is 8.21. The van der Waals surface area contributed by atoms with E-state index in [1.165, 1.54) is 18.1 Å². The van der Waals surface area contributed by atoms with E-state index in [4.69, 9.17) is 4.74 Å². The van der Waals surface area contributed by atoms with Crippen LogP contribution in [-0.4, -0.2) is 40.7 Å². The molecule has 0 saturated carbocycles. The fraction of sp³-hybridized carbons (Fsp3) is 0.435. The van der Waals surface area contributed by atoms with Gasteiger partial charge in [-0.3, -0.25) is 9.69 Å². The van der Waals surface area contributed by atoms with Gasteiger partial charge in [0.2, 0.25) is 5.91 Å². The number of hydrogen-bond donors (Lipinski definition) is 2. The van der Waals surface area contributed by atoms with Crippen molar-refractivity contribution in [2.24, 2.45) is 0 Å². The van der Waals surface area contributed by atoms with Crippen molar-refractivity contribution in [1.82, 2.24) is 4.90 Å². The number of amides is 1. The number of carbonyl (C=O) groups is 1. The Morgan fingerprint density at radius 2 is 1.86 bits per heavy atom. The molecule has 2 N–H and O–H groups in total. The zero-order valence-electron chi connectivity index (χ0n) is 17.5. The molecule has 2 aromatic carbocycles. The van der Waals surface area contributed by atoms with Crippen LogP contribution in [0.2, 0.25) is 0 Å². The van der Waals surface area contributed by atoms with Gasteiger partial charge in [0, 0.05) is 37.3 Å². The molecular formula is C23H32N2O3. The number of aliphatic hydroxyl groups is 1. The number of ether oxygens (including phenoxy) is 1. The Bertz CT molecular complexity index is 766. The monoisotopic (exact) mass is 384 g/mol. The highest BCUT2D eigenvalue weighted by atomic mass is 16.5. The molecule has 1 unspecified atom stereocenters. The molecule has 0 bridgehead atoms. The molecule has 0 spiro atoms. The molecule has 0 aliphatic carbocycles. The van der Waals surface area contributed by atoms with Gasteiger partial charge >= 0.3 is 0 Å². The molecule has 0 aliphatic heterocycles. The van der Waals surface area contributed by atoms with Crippen molar-refractivity contribution in [3.63, 3.8) is 0 Å². The van der Waals surface area contributed by atoms with Crippen LogP contribution in [-0.2, 0) is 11.3 Å². The van der Waals surface area contributed by atoms with E-state index in [1.54, 1.807) is 12.1 Å². The molecule has 2 rings (SSSR count). The topological polar surface area (TPSA) is 61.8 Å². The predicted octanol–water partition coefficient (Wildman–Crippen LogP) is 3.99. The summed E-state index contributed by atoms with van der Waals surface area (Å²) in [4.78, 5) is 13.4. The number of nitrogens with one attached hydrogen (secondary N) is 1. The van der Waals surface area contributed by atoms with Crippen molar-refractivity contribution in [2.75, 3.05) is 18.5 Å². The fourth-order valence-electron chi connectivity index (χ4n) is 2.86. The van der Waals surface area contributed by atoms with E-state index in [1.807, 2.05) is 12.1 Å². The first-order valence-electron chi connectivity index (χ1n) is 9.62. The number of anilines is 1. The Kier molecular flexibility index (Phi) is 7.61. The van der Waals surface area contributed by atoms with Crippen LogP contribution >= 0.6 is 0 Å². The number of benzene rings is 2. The van der Waals surface area contributed by atoms with Gasteiger partial charge in [-0.25, -0.2) is 0 Å². The smallest absolute Gasteiger partial charge is 0.221 e. The maximum absolute atomic E-state index is 11.2. The summed E-state index contributed by atoms with van der Waals surface area (Å²) in [5.41, 5.74) is 3.05. The third-order valence-electron chi connectivity index (χ3n) is 4.47. The highest BCUT2D eigenvalue weighted by Gasteiger charge is 2.24. The molecule has 1 amide bonds. The molecule has 5 nitrogen and oxygen atoms in total. The molecule has 0 aromatic heterocycles. The van der Waals surface area contributed by atoms with E-state index >= 15 is 0 Å². The van der Waals surface area contributed by atoms with Gasteiger partial charge < -0.3 is 15.2 Å². The van der Waals surface area contributed by atoms with Crippen LogP contribution in [0.5, 0.6) is 5.75 Å². The van der Waals surface area contributed by atoms with E-state index in [2.05, 4.69) is 62.2 Å². The van der Waals surface area contributed by atoms with Crippen LogP contribution < -0.4 is 10.1 Å². The van der Waals surface area contributed by atoms with Gasteiger partial charge in [-0.2, -0.15) is 0 Å². The van der Waals surface area contributed by atoms with E-state index < -0.39 is 6.10 Å². The molecule has 0 radical (unpaired) electrons. The number of nitrogens with zero attached hydrogens (tertiary/aromatic N) is 1. The number of rotatable bonds is 8. The Labute approximate surface area is 168 Å². The lowest BCUT2D eigenvalue weighted by molar-refractivity contribution is -0.114. The summed E-state index contributed by atoms with van der Waals surface area (Å²) in [6.45, 7) is 11.4. The van der Waals surface area contributed by atoms with Gasteiger partial charge in [0.1, 0.15) is 18.5 Å². The van der Waals surface area contributed by atoms with Crippen LogP contribution in [0.25, 0.3) is 0 Å². The first-order valence-corrected chi connectivity index (χ1v) is 9.62. The second kappa shape index (κ2) is 9.71. The lowest BCUT2D eigenvalue weighted by Crippen LogP contribution is -2.46. The summed E-state index contributed by atoms with van der Waals surface area (Å²) >= 11 is 0. The van der Waals surface area contributed by atoms with Crippen molar-refractivity contribution < 1.29 is 14.6 Å². The molecule has 0 fully saturated rings. The molecule has 0 saturated heterocycles. The van der Waals surface area contributed by atoms with E-state index in [0.29, 0.717) is 18.0 Å². The quantitative estimate of drug-likeness (QED) is 0.722. The largest absolute Gasteiger partial charge is 0.491 e. The second-order valence-electron chi connectivity index (χ2n) is 8.21. The first-order chi connectivity index (χ1) is 13.1. The predicted molar refractivity (Wildman–Crippen MR) is 114 cm³/mol. The fourth-order valence-corrected chi connectivity index (χ4v) is 2.86. The van der Waals surface area contributed by atoms with Crippen LogP contribution in [0.4, 0.5) is 5.69 Å². The van der Waals surface area contributed by atoms with Crippen molar-refractivity contribution in [3.8, 4) is 5.75 Å². The van der Waals surface area contributed by atoms with Gasteiger partial charge in [-0.1, -0.05) is 35.9 Å². The Hall–Kier alpha value is -2.37. The highest BCUT2D eigenvalue weighted by Crippen LogP contribution is 2.20. The minimum Gasteiger partial charge on any atom is -0.491 e. The summed E-state index contributed by atoms with van der Waals surface area (Å²) in [6, 6.07) is 15.7. The lowest BCUT2D eigenvalue weighted by Gasteiger charge is -2.37. The third kappa shape index (κ3) is 7.33. The summed E-state index contributed by atoms with van der Waals surface area (Å²) in [6.07, 6.45) is -0.630. The van der Waals surface area contributed by atoms with Crippen LogP contribution in [0, 0.1) is 6.92 Å². The van der Waals surface area contributed by atoms with Crippen molar-refractivity contribution >= 4 is 11.6 Å². The Morgan fingerprint density at radius 1 is 1.18 bits per heavy atom. The average Bonchev–Trinajstić information content (AvgIpc) is 2.60. The van der Waals surface area contributed by atoms with Crippen LogP contribution in [0.1, 0.15) is 38.8 Å². The number of β-amino-alcohol motifs (C(OH)–C–C–N with tert-alkyl or cyclic N) is 1. The number of hydrogen-bond acceptors (Lipinski definition) is 4. The molecule has 0 heterocycles. The Morgan fingerprint density at radius 3 is 2.46 bits per heavy atom. The zero-order chi connectivity index (χ0) is 20.7. The SMILES string of the molecule is CC(=O)Nc1cccc(OCC(O)CN(Cc2ccc(C)cc2)C(C)(C)C)c1. The first kappa shape index (κ1) is 21.9. The molecule has 5 heteroatoms. The van der Waals surface area contributed by atoms with Gasteiger partial charge in [0.05, 0.1) is 0 Å². The van der Waals surface area contributed by atoms with Crippen LogP contribution in [0.3, 0.4) is 0 Å². The van der Waals surface area contributed by atoms with E-state index in [-0.39, 0.29) is 18.1 Å². The van der Waals surface area contributed by atoms with Crippen molar-refractivity contribution in [3.05, 3.63) is 59.7 Å². The van der Waals surface area contributed by atoms with Crippen molar-refractivity contribution in [2.45, 2.75) is 52.8 Å². The standard InChI is InChI=1S/C23H32N2O3/c1-17-9-11-19(12-10-17)14-25(23(3,4)5)15-21(27)16-28-22-8-6-7-20(13-22)24-18(2)26/h6-13,21,27H,14-16H2,1-5H3,(H,24,26). The average molecular weight is 385 g/mol. The minimum absolute atomic E-state index is 0.0861. The number of aliphatic hydroxyl groups excluding tert-OH is 1. The summed E-state index contributed by atoms with van der Waals surface area (Å²) in [5.74, 6) is 0.486. The molecule has 1 atom stereocenters. The van der Waals surface area contributed by atoms with Gasteiger partial charge in [0.15, 0.2) is 0 Å². The summed E-state index contributed by atoms with van der Waals surface area (Å²) in [5, 5.41) is 13.3. The normalized spacial score (nSPS) is 12.7. The van der Waals surface area contributed by atoms with Gasteiger partial charge in [-0.15, -0.1) is 0 Å². The highest BCUT2D eigenvalue weighted by molar-refractivity contribution is 5.88. The molecular weight excluding hydrogens is 352 g/mol. The molecule has 0 aliphatic rings. The van der Waals surface area contributed by atoms with Crippen molar-refractivity contribution in [1.29, 1.82) is 0 Å². The summed E-state index contributed by atoms with van der Waals surface area (Å²) < 4.78 is 5.74. The van der Waals surface area contributed by atoms with E-state index in [0.717, 1.165) is 6.54 Å². The molecule has 152 valence electrons. The number of carbonyl (C=O) groups excluding carboxylic acids is 1. The van der Waals surface area contributed by atoms with Crippen LogP contribution in [0.15, 0.2) is 48.5 Å². The van der Waals surface area contributed by atoms with E-state index in [9.17, 15) is 9.90 Å².